The van der Waals surface area contributed by atoms with Crippen molar-refractivity contribution in [1.82, 2.24) is 0 Å². The molecule has 0 spiro atoms. The summed E-state index contributed by atoms with van der Waals surface area (Å²) in [5.41, 5.74) is 11.8. The number of benzene rings is 1. The minimum absolute atomic E-state index is 0. The molecule has 342 valence electrons. The molecule has 8 rings (SSSR count). The summed E-state index contributed by atoms with van der Waals surface area (Å²) in [6.45, 7) is 18.4. The zero-order valence-electron chi connectivity index (χ0n) is 42.3. The van der Waals surface area contributed by atoms with Gasteiger partial charge in [-0.05, 0) is 31.6 Å². The van der Waals surface area contributed by atoms with Crippen molar-refractivity contribution in [3.8, 4) is 0 Å². The molecule has 3 heteroatoms. The maximum absolute atomic E-state index is 3.72. The van der Waals surface area contributed by atoms with Gasteiger partial charge in [0.25, 0.3) is 0 Å². The zero-order chi connectivity index (χ0) is 39.5. The van der Waals surface area contributed by atoms with E-state index >= 15 is 0 Å². The minimum Gasteiger partial charge on any atom is -0.358 e. The third-order valence-corrected chi connectivity index (χ3v) is 10.9. The van der Waals surface area contributed by atoms with E-state index in [9.17, 15) is 0 Å². The first kappa shape index (κ1) is 76.0. The van der Waals surface area contributed by atoms with E-state index in [-0.39, 0.29) is 123 Å². The molecule has 0 amide bonds. The Kier molecular flexibility index (Phi) is 56.1. The van der Waals surface area contributed by atoms with Crippen LogP contribution in [0.25, 0.3) is 10.8 Å². The number of hydrogen-bond donors (Lipinski definition) is 0. The Balaban J connectivity index is -0.000000120. The van der Waals surface area contributed by atoms with E-state index in [1.165, 1.54) is 108 Å². The van der Waals surface area contributed by atoms with Gasteiger partial charge in [0.1, 0.15) is 0 Å². The molecule has 2 aliphatic carbocycles. The van der Waals surface area contributed by atoms with Gasteiger partial charge >= 0.3 is 78.6 Å². The Bertz CT molecular complexity index is 1760. The summed E-state index contributed by atoms with van der Waals surface area (Å²) in [5.74, 6) is 0.884. The fourth-order valence-electron chi connectivity index (χ4n) is 6.86. The maximum atomic E-state index is 3.72. The summed E-state index contributed by atoms with van der Waals surface area (Å²) >= 11 is 0. The molecule has 0 heterocycles. The SMILES string of the molecule is C1=CCC2CC[CH-]C2=C1.C=CCCCCCC[c-]1cccc1.C=CCC[c-]1cccc1.Cc1c(C)c(C)[c-](C)c1C.[CH3-].[CH3-].[CH3-].[CH3-].[CH3-].[CH3-].[Zr+4].[Zr+4].[Zr+4].c1cc[cH-]c1.c1ccc2[cH-]ccc2c1. The van der Waals surface area contributed by atoms with Crippen LogP contribution in [0.1, 0.15) is 96.7 Å². The van der Waals surface area contributed by atoms with Crippen LogP contribution in [0.15, 0.2) is 170 Å². The number of hydrogen-bond acceptors (Lipinski definition) is 0. The molecule has 2 aliphatic rings. The molecule has 0 bridgehead atoms. The molecule has 0 aliphatic heterocycles. The van der Waals surface area contributed by atoms with Gasteiger partial charge in [-0.15, -0.1) is 61.4 Å². The van der Waals surface area contributed by atoms with Gasteiger partial charge in [-0.3, -0.25) is 0 Å². The Hall–Kier alpha value is -2.29. The second-order valence-electron chi connectivity index (χ2n) is 14.7. The monoisotopic (exact) mass is 1090 g/mol. The molecule has 0 N–H and O–H groups in total. The number of aryl methyl sites for hydroxylation is 2. The smallest absolute Gasteiger partial charge is 0.358 e. The van der Waals surface area contributed by atoms with Crippen molar-refractivity contribution in [1.29, 1.82) is 0 Å². The molecule has 1 saturated carbocycles. The van der Waals surface area contributed by atoms with Crippen LogP contribution in [-0.2, 0) is 91.5 Å². The van der Waals surface area contributed by atoms with Gasteiger partial charge in [0, 0.05) is 0 Å². The number of unbranched alkanes of at least 4 members (excludes halogenated alkanes) is 4. The normalized spacial score (nSPS) is 11.5. The molecule has 64 heavy (non-hydrogen) atoms. The number of allylic oxidation sites excluding steroid dienone is 6. The molecule has 6 aromatic carbocycles. The average Bonchev–Trinajstić information content (AvgIpc) is 4.09. The van der Waals surface area contributed by atoms with E-state index in [1.807, 2.05) is 42.5 Å². The summed E-state index contributed by atoms with van der Waals surface area (Å²) in [5, 5.41) is 2.66. The summed E-state index contributed by atoms with van der Waals surface area (Å²) in [6, 6.07) is 41.8. The van der Waals surface area contributed by atoms with Crippen molar-refractivity contribution in [2.24, 2.45) is 5.92 Å². The molecule has 6 aromatic rings. The topological polar surface area (TPSA) is 0 Å². The standard InChI is InChI=1S/C13H19.C10H15.C9H11.C9H7.C9H11.C5H5.6CH3.3Zr/c1-2-3-4-5-6-7-10-13-11-8-9-12-13;1-6-7(2)9(4)10(5)8(6)3;2*1-2-5-9-7-3-6-8(9)4-1;1-2-3-6-9-7-4-5-8-9;1-2-4-5-3-1;;;;;;;;;/h2,8-9,11-12H,1,3-7,10H2;1-5H3;1-2,4,6,9H,3,5,7H2;1-7H;2,4-5,7-8H,1,3,6H2;1-5H;6*1H3;;;/q12*-1;3*+4. The van der Waals surface area contributed by atoms with E-state index in [1.54, 1.807) is 5.57 Å². The Labute approximate surface area is 456 Å². The Morgan fingerprint density at radius 2 is 1.16 bits per heavy atom. The fourth-order valence-corrected chi connectivity index (χ4v) is 6.86. The van der Waals surface area contributed by atoms with Gasteiger partial charge < -0.3 is 44.6 Å². The van der Waals surface area contributed by atoms with E-state index in [4.69, 9.17) is 0 Å². The molecule has 0 saturated heterocycles. The Morgan fingerprint density at radius 3 is 1.62 bits per heavy atom. The fraction of sp³-hybridized carbons (Fsp3) is 0.279. The molecular formula is C61H86Zr3. The molecule has 1 atom stereocenters. The second kappa shape index (κ2) is 47.2. The van der Waals surface area contributed by atoms with Crippen LogP contribution in [-0.4, -0.2) is 0 Å². The van der Waals surface area contributed by atoms with Crippen LogP contribution in [0.2, 0.25) is 0 Å². The van der Waals surface area contributed by atoms with Crippen LogP contribution >= 0.6 is 0 Å². The van der Waals surface area contributed by atoms with Crippen LogP contribution < -0.4 is 0 Å². The summed E-state index contributed by atoms with van der Waals surface area (Å²) in [6.07, 6.45) is 27.0. The average molecular weight is 1090 g/mol. The molecule has 0 radical (unpaired) electrons. The molecule has 0 nitrogen and oxygen atoms in total. The quantitative estimate of drug-likeness (QED) is 0.0729. The first-order valence-corrected chi connectivity index (χ1v) is 20.6. The van der Waals surface area contributed by atoms with Crippen molar-refractivity contribution in [2.75, 3.05) is 0 Å². The number of rotatable bonds is 10. The van der Waals surface area contributed by atoms with Gasteiger partial charge in [0.15, 0.2) is 0 Å². The van der Waals surface area contributed by atoms with E-state index in [0.717, 1.165) is 18.8 Å². The minimum atomic E-state index is 0. The number of fused-ring (bicyclic) bond motifs is 2. The van der Waals surface area contributed by atoms with E-state index in [0.29, 0.717) is 0 Å². The van der Waals surface area contributed by atoms with Gasteiger partial charge in [-0.1, -0.05) is 91.4 Å². The van der Waals surface area contributed by atoms with Crippen molar-refractivity contribution < 1.29 is 78.6 Å². The van der Waals surface area contributed by atoms with Crippen LogP contribution in [0.3, 0.4) is 0 Å². The van der Waals surface area contributed by atoms with Crippen molar-refractivity contribution in [3.05, 3.63) is 260 Å². The second-order valence-corrected chi connectivity index (χ2v) is 14.7. The third kappa shape index (κ3) is 30.1. The molecule has 1 fully saturated rings. The summed E-state index contributed by atoms with van der Waals surface area (Å²) < 4.78 is 0. The largest absolute Gasteiger partial charge is 4.00 e. The maximum Gasteiger partial charge on any atom is 4.00 e. The molecule has 0 aromatic heterocycles. The first-order chi connectivity index (χ1) is 26.8. The Morgan fingerprint density at radius 1 is 0.625 bits per heavy atom. The summed E-state index contributed by atoms with van der Waals surface area (Å²) in [4.78, 5) is 0. The third-order valence-electron chi connectivity index (χ3n) is 10.9. The molecular weight excluding hydrogens is 1010 g/mol. The van der Waals surface area contributed by atoms with Gasteiger partial charge in [0.2, 0.25) is 0 Å². The van der Waals surface area contributed by atoms with Crippen molar-refractivity contribution in [2.45, 2.75) is 105 Å². The van der Waals surface area contributed by atoms with Gasteiger partial charge in [0.05, 0.1) is 0 Å². The predicted molar refractivity (Wildman–Crippen MR) is 284 cm³/mol. The first-order valence-electron chi connectivity index (χ1n) is 20.6. The zero-order valence-corrected chi connectivity index (χ0v) is 49.7. The van der Waals surface area contributed by atoms with E-state index in [2.05, 4.69) is 163 Å². The van der Waals surface area contributed by atoms with Crippen LogP contribution in [0.4, 0.5) is 0 Å². The van der Waals surface area contributed by atoms with Crippen LogP contribution in [0.5, 0.6) is 0 Å². The van der Waals surface area contributed by atoms with Gasteiger partial charge in [-0.25, -0.2) is 54.5 Å². The van der Waals surface area contributed by atoms with E-state index < -0.39 is 0 Å². The van der Waals surface area contributed by atoms with Crippen LogP contribution in [0, 0.1) is 91.5 Å². The van der Waals surface area contributed by atoms with Crippen molar-refractivity contribution >= 4 is 10.8 Å². The van der Waals surface area contributed by atoms with Gasteiger partial charge in [-0.2, -0.15) is 98.9 Å². The van der Waals surface area contributed by atoms with Crippen molar-refractivity contribution in [3.63, 3.8) is 0 Å². The molecule has 1 unspecified atom stereocenters. The summed E-state index contributed by atoms with van der Waals surface area (Å²) in [7, 11) is 0. The predicted octanol–water partition coefficient (Wildman–Crippen LogP) is 18.7.